The summed E-state index contributed by atoms with van der Waals surface area (Å²) in [5.74, 6) is -1.98. The summed E-state index contributed by atoms with van der Waals surface area (Å²) in [4.78, 5) is 27.4. The van der Waals surface area contributed by atoms with Crippen LogP contribution in [-0.2, 0) is 9.68 Å². The van der Waals surface area contributed by atoms with Crippen LogP contribution in [0.3, 0.4) is 0 Å². The van der Waals surface area contributed by atoms with Crippen molar-refractivity contribution in [3.63, 3.8) is 0 Å². The molecule has 9 heteroatoms. The summed E-state index contributed by atoms with van der Waals surface area (Å²) in [6.07, 6.45) is -0.373. The van der Waals surface area contributed by atoms with Gasteiger partial charge in [-0.05, 0) is 12.1 Å². The maximum Gasteiger partial charge on any atom is 0.339 e. The first-order chi connectivity index (χ1) is 8.93. The van der Waals surface area contributed by atoms with Crippen LogP contribution in [0.4, 0.5) is 0 Å². The Bertz CT molecular complexity index is 398. The molecule has 6 N–H and O–H groups in total. The Balaban J connectivity index is 0.000000342. The number of aliphatic hydroxyl groups excluding tert-OH is 2. The van der Waals surface area contributed by atoms with Crippen molar-refractivity contribution < 1.29 is 35.1 Å². The Morgan fingerprint density at radius 3 is 2.32 bits per heavy atom. The van der Waals surface area contributed by atoms with Gasteiger partial charge in [0.15, 0.2) is 0 Å². The predicted octanol–water partition coefficient (Wildman–Crippen LogP) is -1.54. The first-order valence-electron chi connectivity index (χ1n) is 4.95. The number of carbonyl (C=O) groups excluding carboxylic acids is 1. The average Bonchev–Trinajstić information content (AvgIpc) is 2.40. The molecule has 1 aromatic heterocycles. The summed E-state index contributed by atoms with van der Waals surface area (Å²) in [5.41, 5.74) is 5.38. The molecule has 0 saturated carbocycles. The summed E-state index contributed by atoms with van der Waals surface area (Å²) >= 11 is 0. The van der Waals surface area contributed by atoms with Crippen molar-refractivity contribution in [1.82, 2.24) is 4.98 Å². The molecule has 1 aromatic rings. The minimum absolute atomic E-state index is 0.442. The van der Waals surface area contributed by atoms with Crippen LogP contribution in [0.1, 0.15) is 10.4 Å². The van der Waals surface area contributed by atoms with Gasteiger partial charge in [0, 0.05) is 12.4 Å². The summed E-state index contributed by atoms with van der Waals surface area (Å²) in [6, 6.07) is 3.29. The first-order valence-corrected chi connectivity index (χ1v) is 4.95. The molecule has 2 unspecified atom stereocenters. The standard InChI is InChI=1S/C6H6N2O.C4H8O6/c7-6(9)5-2-1-3-8-4-5;5-1-2(6)3(10-9)4(7)8/h1-4H,(H2,7,9);2-3,5-6,9H,1H2,(H,7,8). The number of aliphatic hydroxyl groups is 2. The number of aromatic nitrogens is 1. The number of hydrogen-bond acceptors (Lipinski definition) is 7. The highest BCUT2D eigenvalue weighted by molar-refractivity contribution is 5.92. The second-order valence-electron chi connectivity index (χ2n) is 3.22. The van der Waals surface area contributed by atoms with E-state index in [1.807, 2.05) is 0 Å². The number of nitrogens with two attached hydrogens (primary N) is 1. The number of carbonyl (C=O) groups is 2. The number of hydrogen-bond donors (Lipinski definition) is 5. The highest BCUT2D eigenvalue weighted by Crippen LogP contribution is 1.96. The smallest absolute Gasteiger partial charge is 0.339 e. The molecule has 2 atom stereocenters. The van der Waals surface area contributed by atoms with Crippen molar-refractivity contribution in [3.8, 4) is 0 Å². The van der Waals surface area contributed by atoms with E-state index in [4.69, 9.17) is 26.3 Å². The zero-order valence-corrected chi connectivity index (χ0v) is 9.71. The van der Waals surface area contributed by atoms with E-state index in [0.29, 0.717) is 5.56 Å². The van der Waals surface area contributed by atoms with Crippen LogP contribution < -0.4 is 5.73 Å². The van der Waals surface area contributed by atoms with Crippen LogP contribution >= 0.6 is 0 Å². The number of primary amides is 1. The number of carboxylic acids is 1. The van der Waals surface area contributed by atoms with Crippen molar-refractivity contribution in [2.75, 3.05) is 6.61 Å². The lowest BCUT2D eigenvalue weighted by atomic mass is 10.2. The molecule has 106 valence electrons. The monoisotopic (exact) mass is 274 g/mol. The van der Waals surface area contributed by atoms with Crippen LogP contribution in [0.25, 0.3) is 0 Å². The van der Waals surface area contributed by atoms with Gasteiger partial charge in [-0.2, -0.15) is 0 Å². The fourth-order valence-electron chi connectivity index (χ4n) is 0.884. The topological polar surface area (TPSA) is 163 Å². The second-order valence-corrected chi connectivity index (χ2v) is 3.22. The molecule has 0 aromatic carbocycles. The molecule has 19 heavy (non-hydrogen) atoms. The minimum Gasteiger partial charge on any atom is -0.479 e. The van der Waals surface area contributed by atoms with Gasteiger partial charge in [0.1, 0.15) is 6.10 Å². The van der Waals surface area contributed by atoms with Crippen molar-refractivity contribution in [3.05, 3.63) is 30.1 Å². The van der Waals surface area contributed by atoms with Crippen molar-refractivity contribution >= 4 is 11.9 Å². The predicted molar refractivity (Wildman–Crippen MR) is 61.0 cm³/mol. The Labute approximate surface area is 107 Å². The normalized spacial score (nSPS) is 12.8. The van der Waals surface area contributed by atoms with Gasteiger partial charge in [0.25, 0.3) is 0 Å². The Morgan fingerprint density at radius 1 is 1.47 bits per heavy atom. The molecule has 0 radical (unpaired) electrons. The number of amides is 1. The fourth-order valence-corrected chi connectivity index (χ4v) is 0.884. The average molecular weight is 274 g/mol. The largest absolute Gasteiger partial charge is 0.479 e. The van der Waals surface area contributed by atoms with E-state index in [9.17, 15) is 9.59 Å². The van der Waals surface area contributed by atoms with Gasteiger partial charge < -0.3 is 21.1 Å². The van der Waals surface area contributed by atoms with Gasteiger partial charge in [-0.25, -0.2) is 9.68 Å². The summed E-state index contributed by atoms with van der Waals surface area (Å²) in [5, 5.41) is 32.7. The molecule has 0 aliphatic carbocycles. The molecule has 0 aliphatic rings. The Kier molecular flexibility index (Phi) is 7.97. The Hall–Kier alpha value is -2.07. The van der Waals surface area contributed by atoms with E-state index in [0.717, 1.165) is 0 Å². The van der Waals surface area contributed by atoms with E-state index >= 15 is 0 Å². The Morgan fingerprint density at radius 2 is 2.11 bits per heavy atom. The van der Waals surface area contributed by atoms with Crippen molar-refractivity contribution in [2.45, 2.75) is 12.2 Å². The molecule has 1 rings (SSSR count). The van der Waals surface area contributed by atoms with E-state index in [-0.39, 0.29) is 0 Å². The molecule has 1 heterocycles. The molecule has 0 fully saturated rings. The number of nitrogens with zero attached hydrogens (tertiary/aromatic N) is 1. The zero-order chi connectivity index (χ0) is 14.8. The van der Waals surface area contributed by atoms with Crippen LogP contribution in [0.5, 0.6) is 0 Å². The summed E-state index contributed by atoms with van der Waals surface area (Å²) < 4.78 is 0. The summed E-state index contributed by atoms with van der Waals surface area (Å²) in [7, 11) is 0. The van der Waals surface area contributed by atoms with Crippen LogP contribution in [0, 0.1) is 0 Å². The highest BCUT2D eigenvalue weighted by Gasteiger charge is 2.26. The van der Waals surface area contributed by atoms with E-state index in [1.54, 1.807) is 18.3 Å². The van der Waals surface area contributed by atoms with Gasteiger partial charge in [0.2, 0.25) is 12.0 Å². The van der Waals surface area contributed by atoms with Crippen LogP contribution in [0.15, 0.2) is 24.5 Å². The third-order valence-electron chi connectivity index (χ3n) is 1.84. The lowest BCUT2D eigenvalue weighted by Crippen LogP contribution is -2.38. The zero-order valence-electron chi connectivity index (χ0n) is 9.71. The van der Waals surface area contributed by atoms with Gasteiger partial charge in [0.05, 0.1) is 12.2 Å². The lowest BCUT2D eigenvalue weighted by molar-refractivity contribution is -0.294. The van der Waals surface area contributed by atoms with Gasteiger partial charge in [-0.15, -0.1) is 0 Å². The summed E-state index contributed by atoms with van der Waals surface area (Å²) in [6.45, 7) is -0.780. The lowest BCUT2D eigenvalue weighted by Gasteiger charge is -2.12. The van der Waals surface area contributed by atoms with Gasteiger partial charge in [-0.3, -0.25) is 15.0 Å². The maximum absolute atomic E-state index is 10.4. The van der Waals surface area contributed by atoms with E-state index in [2.05, 4.69) is 9.87 Å². The molecule has 9 nitrogen and oxygen atoms in total. The third kappa shape index (κ3) is 6.43. The molecular weight excluding hydrogens is 260 g/mol. The number of aliphatic carboxylic acids is 1. The molecular formula is C10H14N2O7. The molecule has 0 saturated heterocycles. The van der Waals surface area contributed by atoms with Crippen molar-refractivity contribution in [1.29, 1.82) is 0 Å². The van der Waals surface area contributed by atoms with Crippen LogP contribution in [-0.4, -0.2) is 56.3 Å². The van der Waals surface area contributed by atoms with Crippen LogP contribution in [0.2, 0.25) is 0 Å². The number of carboxylic acid groups (broad SMARTS) is 1. The number of rotatable bonds is 5. The number of pyridine rings is 1. The maximum atomic E-state index is 10.4. The van der Waals surface area contributed by atoms with E-state index in [1.165, 1.54) is 6.20 Å². The third-order valence-corrected chi connectivity index (χ3v) is 1.84. The highest BCUT2D eigenvalue weighted by atomic mass is 17.1. The van der Waals surface area contributed by atoms with Crippen molar-refractivity contribution in [2.24, 2.45) is 5.73 Å². The van der Waals surface area contributed by atoms with Gasteiger partial charge >= 0.3 is 5.97 Å². The second kappa shape index (κ2) is 8.94. The minimum atomic E-state index is -1.79. The SMILES string of the molecule is NC(=O)c1cccnc1.O=C(O)C(OO)C(O)CO. The fraction of sp³-hybridized carbons (Fsp3) is 0.300. The molecule has 0 spiro atoms. The van der Waals surface area contributed by atoms with E-state index < -0.39 is 30.7 Å². The molecule has 0 aliphatic heterocycles. The first kappa shape index (κ1) is 16.9. The van der Waals surface area contributed by atoms with Gasteiger partial charge in [-0.1, -0.05) is 0 Å². The quantitative estimate of drug-likeness (QED) is 0.318. The molecule has 1 amide bonds. The molecule has 0 bridgehead atoms.